The van der Waals surface area contributed by atoms with Crippen LogP contribution in [0.2, 0.25) is 5.02 Å². The summed E-state index contributed by atoms with van der Waals surface area (Å²) in [6.45, 7) is 2.91. The quantitative estimate of drug-likeness (QED) is 0.626. The van der Waals surface area contributed by atoms with E-state index < -0.39 is 11.9 Å². The molecule has 0 amide bonds. The Morgan fingerprint density at radius 3 is 2.45 bits per heavy atom. The van der Waals surface area contributed by atoms with Gasteiger partial charge in [0.05, 0.1) is 0 Å². The Morgan fingerprint density at radius 1 is 1.10 bits per heavy atom. The van der Waals surface area contributed by atoms with Crippen LogP contribution in [0.5, 0.6) is 0 Å². The normalized spacial score (nSPS) is 14.0. The van der Waals surface area contributed by atoms with Crippen LogP contribution in [0.4, 0.5) is 0 Å². The van der Waals surface area contributed by atoms with Gasteiger partial charge in [0.25, 0.3) is 0 Å². The van der Waals surface area contributed by atoms with Crippen LogP contribution in [0.15, 0.2) is 59.0 Å². The Kier molecular flexibility index (Phi) is 6.64. The van der Waals surface area contributed by atoms with Crippen LogP contribution >= 0.6 is 11.6 Å². The zero-order valence-corrected chi connectivity index (χ0v) is 16.2. The number of rotatable bonds is 3. The first-order chi connectivity index (χ1) is 13.9. The van der Waals surface area contributed by atoms with E-state index in [-0.39, 0.29) is 0 Å². The maximum absolute atomic E-state index is 9.10. The van der Waals surface area contributed by atoms with Crippen LogP contribution in [0.3, 0.4) is 0 Å². The molecule has 0 saturated carbocycles. The predicted molar refractivity (Wildman–Crippen MR) is 109 cm³/mol. The molecule has 0 unspecified atom stereocenters. The standard InChI is InChI=1S/C19H17ClN2O.C2H2O4/c20-16-6-7-18-17(12-16)21-19(23-18)15-8-10-22(11-9-15)13-14-4-2-1-3-5-14;3-1(4)2(5)6/h1-8,12H,9-11,13H2;(H,3,4)(H,5,6). The summed E-state index contributed by atoms with van der Waals surface area (Å²) in [5.74, 6) is -2.92. The van der Waals surface area contributed by atoms with Crippen LogP contribution < -0.4 is 0 Å². The third kappa shape index (κ3) is 5.66. The summed E-state index contributed by atoms with van der Waals surface area (Å²) < 4.78 is 5.86. The van der Waals surface area contributed by atoms with Crippen LogP contribution in [0.1, 0.15) is 17.9 Å². The van der Waals surface area contributed by atoms with E-state index in [4.69, 9.17) is 35.8 Å². The second-order valence-corrected chi connectivity index (χ2v) is 6.88. The van der Waals surface area contributed by atoms with Gasteiger partial charge in [-0.25, -0.2) is 14.6 Å². The van der Waals surface area contributed by atoms with Crippen LogP contribution in [-0.2, 0) is 16.1 Å². The van der Waals surface area contributed by atoms with Crippen LogP contribution in [0.25, 0.3) is 16.7 Å². The number of hydrogen-bond acceptors (Lipinski definition) is 5. The van der Waals surface area contributed by atoms with Crippen molar-refractivity contribution < 1.29 is 24.2 Å². The van der Waals surface area contributed by atoms with Crippen molar-refractivity contribution >= 4 is 40.2 Å². The maximum atomic E-state index is 9.10. The van der Waals surface area contributed by atoms with Crippen molar-refractivity contribution in [3.63, 3.8) is 0 Å². The zero-order valence-electron chi connectivity index (χ0n) is 15.4. The van der Waals surface area contributed by atoms with E-state index in [1.807, 2.05) is 18.2 Å². The minimum absolute atomic E-state index is 0.684. The Bertz CT molecular complexity index is 1030. The summed E-state index contributed by atoms with van der Waals surface area (Å²) in [6.07, 6.45) is 3.17. The molecule has 0 atom stereocenters. The Labute approximate surface area is 171 Å². The largest absolute Gasteiger partial charge is 0.473 e. The van der Waals surface area contributed by atoms with Crippen molar-refractivity contribution in [2.45, 2.75) is 13.0 Å². The number of fused-ring (bicyclic) bond motifs is 1. The first-order valence-electron chi connectivity index (χ1n) is 8.90. The molecule has 1 aliphatic rings. The molecule has 0 bridgehead atoms. The molecule has 4 rings (SSSR count). The van der Waals surface area contributed by atoms with Gasteiger partial charge in [-0.3, -0.25) is 4.90 Å². The van der Waals surface area contributed by atoms with E-state index in [2.05, 4.69) is 46.3 Å². The fourth-order valence-corrected chi connectivity index (χ4v) is 3.09. The van der Waals surface area contributed by atoms with Crippen molar-refractivity contribution in [3.05, 3.63) is 71.1 Å². The minimum Gasteiger partial charge on any atom is -0.473 e. The smallest absolute Gasteiger partial charge is 0.414 e. The molecule has 2 aromatic carbocycles. The van der Waals surface area contributed by atoms with Gasteiger partial charge < -0.3 is 14.6 Å². The molecule has 1 aliphatic heterocycles. The molecule has 2 heterocycles. The summed E-state index contributed by atoms with van der Waals surface area (Å²) in [7, 11) is 0. The van der Waals surface area contributed by atoms with Crippen LogP contribution in [0, 0.1) is 0 Å². The van der Waals surface area contributed by atoms with E-state index in [0.717, 1.165) is 43.0 Å². The first kappa shape index (κ1) is 20.6. The topological polar surface area (TPSA) is 104 Å². The zero-order chi connectivity index (χ0) is 20.8. The number of hydrogen-bond donors (Lipinski definition) is 2. The molecule has 0 aliphatic carbocycles. The molecule has 8 heteroatoms. The molecule has 150 valence electrons. The lowest BCUT2D eigenvalue weighted by atomic mass is 10.1. The van der Waals surface area contributed by atoms with E-state index in [0.29, 0.717) is 5.02 Å². The monoisotopic (exact) mass is 414 g/mol. The third-order valence-electron chi connectivity index (χ3n) is 4.35. The summed E-state index contributed by atoms with van der Waals surface area (Å²) in [5.41, 5.74) is 4.14. The number of carboxylic acid groups (broad SMARTS) is 2. The van der Waals surface area contributed by atoms with Crippen molar-refractivity contribution in [1.82, 2.24) is 9.88 Å². The number of benzene rings is 2. The number of halogens is 1. The van der Waals surface area contributed by atoms with E-state index in [9.17, 15) is 0 Å². The molecule has 0 radical (unpaired) electrons. The highest BCUT2D eigenvalue weighted by molar-refractivity contribution is 6.31. The molecule has 7 nitrogen and oxygen atoms in total. The van der Waals surface area contributed by atoms with Gasteiger partial charge in [0, 0.05) is 30.2 Å². The highest BCUT2D eigenvalue weighted by atomic mass is 35.5. The second-order valence-electron chi connectivity index (χ2n) is 6.44. The lowest BCUT2D eigenvalue weighted by Gasteiger charge is -2.25. The van der Waals surface area contributed by atoms with Gasteiger partial charge in [-0.2, -0.15) is 0 Å². The van der Waals surface area contributed by atoms with Crippen molar-refractivity contribution in [3.8, 4) is 0 Å². The lowest BCUT2D eigenvalue weighted by Crippen LogP contribution is -2.28. The SMILES string of the molecule is Clc1ccc2oc(C3=CCN(Cc4ccccc4)CC3)nc2c1.O=C(O)C(=O)O. The third-order valence-corrected chi connectivity index (χ3v) is 4.58. The van der Waals surface area contributed by atoms with Crippen molar-refractivity contribution in [2.24, 2.45) is 0 Å². The van der Waals surface area contributed by atoms with Gasteiger partial charge in [0.2, 0.25) is 5.89 Å². The van der Waals surface area contributed by atoms with E-state index in [1.54, 1.807) is 0 Å². The number of aliphatic carboxylic acids is 2. The first-order valence-corrected chi connectivity index (χ1v) is 9.28. The fraction of sp³-hybridized carbons (Fsp3) is 0.190. The van der Waals surface area contributed by atoms with Gasteiger partial charge >= 0.3 is 11.9 Å². The number of aromatic nitrogens is 1. The Hall–Kier alpha value is -3.16. The van der Waals surface area contributed by atoms with Gasteiger partial charge in [-0.15, -0.1) is 0 Å². The maximum Gasteiger partial charge on any atom is 0.414 e. The summed E-state index contributed by atoms with van der Waals surface area (Å²) in [4.78, 5) is 25.2. The molecule has 2 N–H and O–H groups in total. The molecular formula is C21H19ClN2O5. The Morgan fingerprint density at radius 2 is 1.83 bits per heavy atom. The van der Waals surface area contributed by atoms with Gasteiger partial charge in [0.15, 0.2) is 5.58 Å². The summed E-state index contributed by atoms with van der Waals surface area (Å²) >= 11 is 6.01. The van der Waals surface area contributed by atoms with Crippen molar-refractivity contribution in [1.29, 1.82) is 0 Å². The fourth-order valence-electron chi connectivity index (χ4n) is 2.93. The molecule has 1 aromatic heterocycles. The average Bonchev–Trinajstić information content (AvgIpc) is 3.13. The van der Waals surface area contributed by atoms with E-state index in [1.165, 1.54) is 11.1 Å². The number of nitrogens with zero attached hydrogens (tertiary/aromatic N) is 2. The number of carboxylic acids is 2. The minimum atomic E-state index is -1.82. The summed E-state index contributed by atoms with van der Waals surface area (Å²) in [5, 5.41) is 15.5. The number of oxazole rings is 1. The summed E-state index contributed by atoms with van der Waals surface area (Å²) in [6, 6.07) is 16.1. The predicted octanol–water partition coefficient (Wildman–Crippen LogP) is 3.93. The average molecular weight is 415 g/mol. The molecule has 3 aromatic rings. The van der Waals surface area contributed by atoms with Crippen molar-refractivity contribution in [2.75, 3.05) is 13.1 Å². The van der Waals surface area contributed by atoms with E-state index >= 15 is 0 Å². The molecule has 29 heavy (non-hydrogen) atoms. The molecular weight excluding hydrogens is 396 g/mol. The van der Waals surface area contributed by atoms with Gasteiger partial charge in [-0.05, 0) is 30.2 Å². The van der Waals surface area contributed by atoms with Crippen LogP contribution in [-0.4, -0.2) is 45.1 Å². The number of carbonyl (C=O) groups is 2. The molecule has 0 spiro atoms. The molecule has 0 saturated heterocycles. The second kappa shape index (κ2) is 9.36. The highest BCUT2D eigenvalue weighted by Crippen LogP contribution is 2.27. The van der Waals surface area contributed by atoms with Gasteiger partial charge in [-0.1, -0.05) is 48.0 Å². The Balaban J connectivity index is 0.000000353. The lowest BCUT2D eigenvalue weighted by molar-refractivity contribution is -0.159. The highest BCUT2D eigenvalue weighted by Gasteiger charge is 2.17. The van der Waals surface area contributed by atoms with Gasteiger partial charge in [0.1, 0.15) is 5.52 Å². The molecule has 0 fully saturated rings.